The molecule has 0 aliphatic heterocycles. The van der Waals surface area contributed by atoms with Gasteiger partial charge in [-0.15, -0.1) is 0 Å². The zero-order valence-electron chi connectivity index (χ0n) is 13.7. The zero-order chi connectivity index (χ0) is 16.0. The number of hydrogen-bond acceptors (Lipinski definition) is 4. The van der Waals surface area contributed by atoms with E-state index in [0.29, 0.717) is 18.0 Å². The van der Waals surface area contributed by atoms with Crippen LogP contribution < -0.4 is 20.1 Å². The van der Waals surface area contributed by atoms with Crippen molar-refractivity contribution in [1.82, 2.24) is 10.6 Å². The molecule has 1 amide bonds. The second-order valence-electron chi connectivity index (χ2n) is 5.95. The average molecular weight is 294 g/mol. The van der Waals surface area contributed by atoms with E-state index in [-0.39, 0.29) is 11.4 Å². The zero-order valence-corrected chi connectivity index (χ0v) is 13.7. The number of ether oxygens (including phenoxy) is 2. The van der Waals surface area contributed by atoms with Crippen molar-refractivity contribution >= 4 is 5.91 Å². The number of benzene rings is 1. The molecule has 0 bridgehead atoms. The summed E-state index contributed by atoms with van der Waals surface area (Å²) in [4.78, 5) is 11.6. The molecule has 5 nitrogen and oxygen atoms in total. The lowest BCUT2D eigenvalue weighted by Crippen LogP contribution is -2.36. The van der Waals surface area contributed by atoms with Crippen molar-refractivity contribution in [2.75, 3.05) is 14.2 Å². The van der Waals surface area contributed by atoms with E-state index in [4.69, 9.17) is 9.47 Å². The molecule has 0 spiro atoms. The van der Waals surface area contributed by atoms with Crippen LogP contribution in [0.5, 0.6) is 11.5 Å². The van der Waals surface area contributed by atoms with Crippen molar-refractivity contribution in [3.05, 3.63) is 23.8 Å². The smallest absolute Gasteiger partial charge is 0.260 e. The van der Waals surface area contributed by atoms with Gasteiger partial charge in [-0.05, 0) is 33.8 Å². The number of carbonyl (C=O) groups is 1. The van der Waals surface area contributed by atoms with E-state index in [1.165, 1.54) is 0 Å². The molecule has 21 heavy (non-hydrogen) atoms. The molecule has 0 heterocycles. The van der Waals surface area contributed by atoms with E-state index in [1.54, 1.807) is 27.1 Å². The maximum absolute atomic E-state index is 11.6. The summed E-state index contributed by atoms with van der Waals surface area (Å²) in [5.41, 5.74) is 0.991. The first-order valence-corrected chi connectivity index (χ1v) is 7.07. The van der Waals surface area contributed by atoms with Gasteiger partial charge in [-0.3, -0.25) is 4.79 Å². The van der Waals surface area contributed by atoms with Gasteiger partial charge in [0.1, 0.15) is 11.5 Å². The number of likely N-dealkylation sites (N-methyl/N-ethyl adjacent to an activating group) is 1. The summed E-state index contributed by atoms with van der Waals surface area (Å²) >= 11 is 0. The van der Waals surface area contributed by atoms with Gasteiger partial charge in [0, 0.05) is 30.8 Å². The van der Waals surface area contributed by atoms with Crippen LogP contribution in [0.4, 0.5) is 0 Å². The lowest BCUT2D eigenvalue weighted by Gasteiger charge is -2.23. The van der Waals surface area contributed by atoms with Gasteiger partial charge < -0.3 is 20.1 Å². The molecule has 1 rings (SSSR count). The molecule has 1 aromatic carbocycles. The van der Waals surface area contributed by atoms with Crippen molar-refractivity contribution in [3.8, 4) is 11.5 Å². The first-order valence-electron chi connectivity index (χ1n) is 7.07. The van der Waals surface area contributed by atoms with Gasteiger partial charge in [0.15, 0.2) is 6.10 Å². The number of rotatable bonds is 6. The molecule has 1 atom stereocenters. The van der Waals surface area contributed by atoms with Crippen LogP contribution >= 0.6 is 0 Å². The average Bonchev–Trinajstić information content (AvgIpc) is 2.43. The van der Waals surface area contributed by atoms with Gasteiger partial charge >= 0.3 is 0 Å². The minimum Gasteiger partial charge on any atom is -0.497 e. The molecule has 0 fully saturated rings. The first-order chi connectivity index (χ1) is 9.76. The van der Waals surface area contributed by atoms with Crippen LogP contribution in [0.15, 0.2) is 18.2 Å². The molecule has 0 radical (unpaired) electrons. The maximum atomic E-state index is 11.6. The Labute approximate surface area is 127 Å². The van der Waals surface area contributed by atoms with Crippen LogP contribution in [-0.2, 0) is 11.3 Å². The van der Waals surface area contributed by atoms with E-state index < -0.39 is 6.10 Å². The minimum atomic E-state index is -0.560. The topological polar surface area (TPSA) is 59.6 Å². The number of amides is 1. The van der Waals surface area contributed by atoms with Gasteiger partial charge in [-0.25, -0.2) is 0 Å². The quantitative estimate of drug-likeness (QED) is 0.843. The highest BCUT2D eigenvalue weighted by atomic mass is 16.5. The molecule has 0 saturated carbocycles. The molecular formula is C16H26N2O3. The molecule has 0 aromatic heterocycles. The highest BCUT2D eigenvalue weighted by molar-refractivity contribution is 5.80. The Morgan fingerprint density at radius 1 is 1.33 bits per heavy atom. The molecule has 5 heteroatoms. The fourth-order valence-electron chi connectivity index (χ4n) is 1.73. The lowest BCUT2D eigenvalue weighted by molar-refractivity contribution is -0.126. The molecule has 2 N–H and O–H groups in total. The van der Waals surface area contributed by atoms with E-state index in [0.717, 1.165) is 5.56 Å². The number of methoxy groups -OCH3 is 1. The number of hydrogen-bond donors (Lipinski definition) is 2. The Kier molecular flexibility index (Phi) is 6.03. The highest BCUT2D eigenvalue weighted by Crippen LogP contribution is 2.26. The van der Waals surface area contributed by atoms with Crippen LogP contribution in [0, 0.1) is 0 Å². The lowest BCUT2D eigenvalue weighted by atomic mass is 10.1. The van der Waals surface area contributed by atoms with Crippen molar-refractivity contribution in [3.63, 3.8) is 0 Å². The van der Waals surface area contributed by atoms with Gasteiger partial charge in [-0.1, -0.05) is 6.07 Å². The van der Waals surface area contributed by atoms with Crippen molar-refractivity contribution in [1.29, 1.82) is 0 Å². The Hall–Kier alpha value is -1.75. The predicted molar refractivity (Wildman–Crippen MR) is 83.7 cm³/mol. The fourth-order valence-corrected chi connectivity index (χ4v) is 1.73. The largest absolute Gasteiger partial charge is 0.497 e. The van der Waals surface area contributed by atoms with Gasteiger partial charge in [-0.2, -0.15) is 0 Å². The summed E-state index contributed by atoms with van der Waals surface area (Å²) in [6.45, 7) is 8.68. The highest BCUT2D eigenvalue weighted by Gasteiger charge is 2.17. The third-order valence-corrected chi connectivity index (χ3v) is 3.00. The van der Waals surface area contributed by atoms with E-state index >= 15 is 0 Å². The van der Waals surface area contributed by atoms with Crippen LogP contribution in [0.1, 0.15) is 33.3 Å². The number of nitrogens with one attached hydrogen (secondary N) is 2. The number of carbonyl (C=O) groups excluding carboxylic acids is 1. The summed E-state index contributed by atoms with van der Waals surface area (Å²) in [5.74, 6) is 1.20. The van der Waals surface area contributed by atoms with Gasteiger partial charge in [0.25, 0.3) is 5.91 Å². The van der Waals surface area contributed by atoms with Gasteiger partial charge in [0.05, 0.1) is 7.11 Å². The molecule has 1 unspecified atom stereocenters. The fraction of sp³-hybridized carbons (Fsp3) is 0.562. The molecule has 0 aliphatic rings. The third-order valence-electron chi connectivity index (χ3n) is 3.00. The van der Waals surface area contributed by atoms with Gasteiger partial charge in [0.2, 0.25) is 0 Å². The predicted octanol–water partition coefficient (Wildman–Crippen LogP) is 2.10. The van der Waals surface area contributed by atoms with Crippen molar-refractivity contribution in [2.45, 2.75) is 45.9 Å². The van der Waals surface area contributed by atoms with Crippen LogP contribution in [0.3, 0.4) is 0 Å². The van der Waals surface area contributed by atoms with E-state index in [1.807, 2.05) is 12.1 Å². The van der Waals surface area contributed by atoms with E-state index in [9.17, 15) is 4.79 Å². The second-order valence-corrected chi connectivity index (χ2v) is 5.95. The minimum absolute atomic E-state index is 0.00358. The standard InChI is InChI=1S/C16H26N2O3/c1-11(15(19)17-5)21-14-9-13(20-6)8-7-12(14)10-18-16(2,3)4/h7-9,11,18H,10H2,1-6H3,(H,17,19). The first kappa shape index (κ1) is 17.3. The molecule has 0 aliphatic carbocycles. The van der Waals surface area contributed by atoms with Crippen molar-refractivity contribution < 1.29 is 14.3 Å². The Balaban J connectivity index is 2.94. The molecule has 118 valence electrons. The summed E-state index contributed by atoms with van der Waals surface area (Å²) < 4.78 is 11.0. The SMILES string of the molecule is CNC(=O)C(C)Oc1cc(OC)ccc1CNC(C)(C)C. The summed E-state index contributed by atoms with van der Waals surface area (Å²) in [7, 11) is 3.20. The molecular weight excluding hydrogens is 268 g/mol. The Bertz CT molecular complexity index is 481. The molecule has 0 saturated heterocycles. The summed E-state index contributed by atoms with van der Waals surface area (Å²) in [6.07, 6.45) is -0.560. The normalized spacial score (nSPS) is 12.7. The monoisotopic (exact) mass is 294 g/mol. The summed E-state index contributed by atoms with van der Waals surface area (Å²) in [5, 5.41) is 5.99. The maximum Gasteiger partial charge on any atom is 0.260 e. The van der Waals surface area contributed by atoms with Crippen LogP contribution in [0.25, 0.3) is 0 Å². The Morgan fingerprint density at radius 2 is 2.00 bits per heavy atom. The summed E-state index contributed by atoms with van der Waals surface area (Å²) in [6, 6.07) is 5.64. The second kappa shape index (κ2) is 7.31. The Morgan fingerprint density at radius 3 is 2.52 bits per heavy atom. The van der Waals surface area contributed by atoms with E-state index in [2.05, 4.69) is 31.4 Å². The van der Waals surface area contributed by atoms with Crippen molar-refractivity contribution in [2.24, 2.45) is 0 Å². The van der Waals surface area contributed by atoms with Crippen LogP contribution in [-0.4, -0.2) is 31.7 Å². The van der Waals surface area contributed by atoms with Crippen LogP contribution in [0.2, 0.25) is 0 Å². The molecule has 1 aromatic rings. The third kappa shape index (κ3) is 5.63.